The van der Waals surface area contributed by atoms with Crippen LogP contribution in [-0.4, -0.2) is 155 Å². The van der Waals surface area contributed by atoms with Gasteiger partial charge in [0.1, 0.15) is 12.1 Å². The van der Waals surface area contributed by atoms with E-state index < -0.39 is 36.3 Å². The second kappa shape index (κ2) is 23.3. The lowest BCUT2D eigenvalue weighted by Crippen LogP contribution is -2.55. The van der Waals surface area contributed by atoms with Gasteiger partial charge in [0.15, 0.2) is 5.96 Å². The summed E-state index contributed by atoms with van der Waals surface area (Å²) in [4.78, 5) is 72.3. The van der Waals surface area contributed by atoms with E-state index in [0.29, 0.717) is 18.9 Å². The number of likely N-dealkylation sites (N-methyl/N-ethyl adjacent to an activating group) is 1. The molecule has 2 rings (SSSR count). The average molecular weight is 775 g/mol. The molecule has 0 saturated carbocycles. The highest BCUT2D eigenvalue weighted by Crippen LogP contribution is 2.30. The third-order valence-corrected chi connectivity index (χ3v) is 10.6. The van der Waals surface area contributed by atoms with E-state index in [2.05, 4.69) is 29.3 Å². The number of nitrogens with two attached hydrogens (primary N) is 1. The van der Waals surface area contributed by atoms with Crippen molar-refractivity contribution in [3.05, 3.63) is 35.9 Å². The minimum absolute atomic E-state index is 0.0133. The Bertz CT molecular complexity index is 1370. The maximum Gasteiger partial charge on any atom is 0.247 e. The predicted molar refractivity (Wildman–Crippen MR) is 215 cm³/mol. The van der Waals surface area contributed by atoms with Crippen molar-refractivity contribution in [3.63, 3.8) is 0 Å². The van der Waals surface area contributed by atoms with E-state index in [1.54, 1.807) is 38.0 Å². The van der Waals surface area contributed by atoms with Crippen LogP contribution in [0.4, 0.5) is 0 Å². The summed E-state index contributed by atoms with van der Waals surface area (Å²) in [5.41, 5.74) is 0.886. The second-order valence-electron chi connectivity index (χ2n) is 15.4. The molecule has 15 nitrogen and oxygen atoms in total. The van der Waals surface area contributed by atoms with Crippen molar-refractivity contribution < 1.29 is 33.5 Å². The Kier molecular flexibility index (Phi) is 20.1. The lowest BCUT2D eigenvalue weighted by atomic mass is 9.89. The van der Waals surface area contributed by atoms with Crippen LogP contribution in [0.1, 0.15) is 65.9 Å². The number of nitrogens with zero attached hydrogens (tertiary/aromatic N) is 5. The van der Waals surface area contributed by atoms with Crippen molar-refractivity contribution in [2.75, 3.05) is 69.2 Å². The van der Waals surface area contributed by atoms with Crippen molar-refractivity contribution in [1.82, 2.24) is 30.2 Å². The molecule has 55 heavy (non-hydrogen) atoms. The summed E-state index contributed by atoms with van der Waals surface area (Å²) in [7, 11) is 12.5. The molecule has 1 heterocycles. The summed E-state index contributed by atoms with van der Waals surface area (Å²) in [5.74, 6) is 4.06. The number of aliphatic imine (C=N–C) groups is 1. The van der Waals surface area contributed by atoms with Gasteiger partial charge in [-0.05, 0) is 30.2 Å². The van der Waals surface area contributed by atoms with Gasteiger partial charge in [0.05, 0.1) is 43.2 Å². The SMILES string of the molecule is CC[C@H](C)[C@@H]([C@@H](CC(=O)N1CCC[C@H]1[C@H](OC)[C@@H](C)C(=O)N[C@@H](Cc1ccccc1)C(=O)NCCON)OC)N(C)C(=O)C(N=C(N(C)C)N(C)C)C(C)C. The summed E-state index contributed by atoms with van der Waals surface area (Å²) in [6.45, 7) is 10.7. The Morgan fingerprint density at radius 1 is 0.964 bits per heavy atom. The van der Waals surface area contributed by atoms with Gasteiger partial charge >= 0.3 is 0 Å². The number of amides is 4. The fourth-order valence-electron chi connectivity index (χ4n) is 7.48. The van der Waals surface area contributed by atoms with Crippen LogP contribution in [0.15, 0.2) is 35.3 Å². The van der Waals surface area contributed by atoms with E-state index in [1.807, 2.05) is 82.2 Å². The van der Waals surface area contributed by atoms with Gasteiger partial charge in [0.25, 0.3) is 0 Å². The highest BCUT2D eigenvalue weighted by Gasteiger charge is 2.43. The second-order valence-corrected chi connectivity index (χ2v) is 15.4. The molecular weight excluding hydrogens is 704 g/mol. The van der Waals surface area contributed by atoms with Crippen LogP contribution in [0.25, 0.3) is 0 Å². The smallest absolute Gasteiger partial charge is 0.247 e. The van der Waals surface area contributed by atoms with E-state index in [1.165, 1.54) is 0 Å². The largest absolute Gasteiger partial charge is 0.379 e. The number of guanidine groups is 1. The van der Waals surface area contributed by atoms with Crippen molar-refractivity contribution in [2.24, 2.45) is 28.6 Å². The van der Waals surface area contributed by atoms with Crippen molar-refractivity contribution >= 4 is 29.6 Å². The molecule has 1 aliphatic rings. The minimum atomic E-state index is -0.855. The van der Waals surface area contributed by atoms with Crippen LogP contribution >= 0.6 is 0 Å². The molecule has 15 heteroatoms. The topological polar surface area (TPSA) is 171 Å². The van der Waals surface area contributed by atoms with Gasteiger partial charge in [-0.1, -0.05) is 71.4 Å². The zero-order valence-corrected chi connectivity index (χ0v) is 35.4. The lowest BCUT2D eigenvalue weighted by molar-refractivity contribution is -0.146. The average Bonchev–Trinajstić information content (AvgIpc) is 3.64. The molecule has 0 spiro atoms. The quantitative estimate of drug-likeness (QED) is 0.0728. The third-order valence-electron chi connectivity index (χ3n) is 10.6. The number of carbonyl (C=O) groups is 4. The van der Waals surface area contributed by atoms with Crippen LogP contribution in [-0.2, 0) is 39.9 Å². The summed E-state index contributed by atoms with van der Waals surface area (Å²) in [6, 6.07) is 7.16. The molecule has 0 aliphatic carbocycles. The van der Waals surface area contributed by atoms with E-state index in [4.69, 9.17) is 20.4 Å². The standard InChI is InChI=1S/C40H70N8O7/c1-13-27(4)35(47(10)39(52)34(26(2)3)44-40(45(6)7)46(8)9)32(53-11)25-33(49)48-22-17-20-31(48)36(54-12)28(5)37(50)43-30(38(51)42-21-23-55-41)24-29-18-15-14-16-19-29/h14-16,18-19,26-28,30-32,34-36H,13,17,20-25,41H2,1-12H3,(H,42,51)(H,43,50)/t27-,28+,30-,31-,32+,34?,35-,36+/m0/s1. The van der Waals surface area contributed by atoms with Gasteiger partial charge in [-0.25, -0.2) is 10.9 Å². The summed E-state index contributed by atoms with van der Waals surface area (Å²) < 4.78 is 12.0. The van der Waals surface area contributed by atoms with E-state index in [9.17, 15) is 19.2 Å². The number of methoxy groups -OCH3 is 2. The molecule has 1 aliphatic heterocycles. The van der Waals surface area contributed by atoms with Crippen LogP contribution in [0.5, 0.6) is 0 Å². The normalized spacial score (nSPS) is 18.0. The van der Waals surface area contributed by atoms with Gasteiger partial charge < -0.3 is 44.5 Å². The number of hydrogen-bond acceptors (Lipinski definition) is 9. The molecule has 1 aromatic carbocycles. The Labute approximate surface area is 329 Å². The molecule has 1 unspecified atom stereocenters. The molecule has 1 saturated heterocycles. The number of likely N-dealkylation sites (tertiary alicyclic amines) is 1. The number of rotatable bonds is 21. The third kappa shape index (κ3) is 13.4. The first-order valence-corrected chi connectivity index (χ1v) is 19.5. The molecule has 4 N–H and O–H groups in total. The van der Waals surface area contributed by atoms with Crippen molar-refractivity contribution in [1.29, 1.82) is 0 Å². The van der Waals surface area contributed by atoms with Gasteiger partial charge in [-0.15, -0.1) is 0 Å². The molecule has 4 amide bonds. The molecule has 0 aromatic heterocycles. The first-order chi connectivity index (χ1) is 26.0. The number of benzene rings is 1. The molecule has 1 fully saturated rings. The number of ether oxygens (including phenoxy) is 2. The first-order valence-electron chi connectivity index (χ1n) is 19.5. The molecular formula is C40H70N8O7. The van der Waals surface area contributed by atoms with Gasteiger partial charge in [-0.3, -0.25) is 19.2 Å². The molecule has 8 atom stereocenters. The van der Waals surface area contributed by atoms with Crippen LogP contribution in [0, 0.1) is 17.8 Å². The Balaban J connectivity index is 2.31. The Morgan fingerprint density at radius 2 is 1.60 bits per heavy atom. The number of carbonyl (C=O) groups excluding carboxylic acids is 4. The fraction of sp³-hybridized carbons (Fsp3) is 0.725. The first kappa shape index (κ1) is 47.4. The van der Waals surface area contributed by atoms with Crippen LogP contribution in [0.2, 0.25) is 0 Å². The summed E-state index contributed by atoms with van der Waals surface area (Å²) in [5, 5.41) is 5.70. The van der Waals surface area contributed by atoms with E-state index >= 15 is 0 Å². The lowest BCUT2D eigenvalue weighted by Gasteiger charge is -2.40. The fourth-order valence-corrected chi connectivity index (χ4v) is 7.48. The van der Waals surface area contributed by atoms with E-state index in [-0.39, 0.29) is 67.5 Å². The summed E-state index contributed by atoms with van der Waals surface area (Å²) >= 11 is 0. The van der Waals surface area contributed by atoms with Gasteiger partial charge in [-0.2, -0.15) is 0 Å². The van der Waals surface area contributed by atoms with Crippen LogP contribution in [0.3, 0.4) is 0 Å². The number of hydrogen-bond donors (Lipinski definition) is 3. The number of nitrogens with one attached hydrogen (secondary N) is 2. The predicted octanol–water partition coefficient (Wildman–Crippen LogP) is 2.14. The Morgan fingerprint density at radius 3 is 2.13 bits per heavy atom. The highest BCUT2D eigenvalue weighted by molar-refractivity contribution is 5.89. The minimum Gasteiger partial charge on any atom is -0.379 e. The van der Waals surface area contributed by atoms with E-state index in [0.717, 1.165) is 18.4 Å². The zero-order valence-electron chi connectivity index (χ0n) is 35.4. The molecule has 312 valence electrons. The van der Waals surface area contributed by atoms with Gasteiger partial charge in [0.2, 0.25) is 23.6 Å². The molecule has 0 bridgehead atoms. The highest BCUT2D eigenvalue weighted by atomic mass is 16.6. The van der Waals surface area contributed by atoms with Crippen molar-refractivity contribution in [3.8, 4) is 0 Å². The maximum absolute atomic E-state index is 14.3. The zero-order chi connectivity index (χ0) is 41.4. The molecule has 0 radical (unpaired) electrons. The summed E-state index contributed by atoms with van der Waals surface area (Å²) in [6.07, 6.45) is 1.24. The van der Waals surface area contributed by atoms with Crippen molar-refractivity contribution in [2.45, 2.75) is 103 Å². The van der Waals surface area contributed by atoms with Crippen LogP contribution < -0.4 is 16.5 Å². The maximum atomic E-state index is 14.3. The monoisotopic (exact) mass is 775 g/mol. The molecule has 1 aromatic rings. The Hall–Kier alpha value is -3.79. The van der Waals surface area contributed by atoms with Gasteiger partial charge in [0, 0.05) is 69.0 Å².